The van der Waals surface area contributed by atoms with Crippen LogP contribution in [0.15, 0.2) is 24.3 Å². The van der Waals surface area contributed by atoms with Crippen LogP contribution in [0.5, 0.6) is 5.75 Å². The summed E-state index contributed by atoms with van der Waals surface area (Å²) in [6.45, 7) is 7.65. The molecule has 2 atom stereocenters. The van der Waals surface area contributed by atoms with Gasteiger partial charge in [-0.3, -0.25) is 9.59 Å². The monoisotopic (exact) mass is 415 g/mol. The van der Waals surface area contributed by atoms with Gasteiger partial charge >= 0.3 is 0 Å². The molecule has 30 heavy (non-hydrogen) atoms. The number of carbonyl (C=O) groups is 2. The van der Waals surface area contributed by atoms with Crippen LogP contribution < -0.4 is 15.0 Å². The average Bonchev–Trinajstić information content (AvgIpc) is 2.99. The molecule has 2 saturated heterocycles. The quantitative estimate of drug-likeness (QED) is 0.657. The lowest BCUT2D eigenvalue weighted by molar-refractivity contribution is -0.135. The number of amides is 2. The van der Waals surface area contributed by atoms with Gasteiger partial charge in [0.05, 0.1) is 24.9 Å². The zero-order valence-corrected chi connectivity index (χ0v) is 18.9. The van der Waals surface area contributed by atoms with Crippen LogP contribution >= 0.6 is 0 Å². The minimum absolute atomic E-state index is 0.00823. The fourth-order valence-corrected chi connectivity index (χ4v) is 5.27. The van der Waals surface area contributed by atoms with Gasteiger partial charge in [-0.05, 0) is 58.1 Å². The molecule has 0 unspecified atom stereocenters. The number of hydrogen-bond donors (Lipinski definition) is 1. The third-order valence-electron chi connectivity index (χ3n) is 6.54. The van der Waals surface area contributed by atoms with E-state index in [2.05, 4.69) is 41.1 Å². The van der Waals surface area contributed by atoms with Gasteiger partial charge in [0.2, 0.25) is 11.8 Å². The molecule has 0 spiro atoms. The van der Waals surface area contributed by atoms with Crippen molar-refractivity contribution in [1.82, 2.24) is 10.2 Å². The second-order valence-electron chi connectivity index (χ2n) is 9.22. The summed E-state index contributed by atoms with van der Waals surface area (Å²) in [5.41, 5.74) is 1.09. The van der Waals surface area contributed by atoms with Crippen LogP contribution in [0.2, 0.25) is 0 Å². The lowest BCUT2D eigenvalue weighted by Crippen LogP contribution is -2.52. The van der Waals surface area contributed by atoms with E-state index in [0.29, 0.717) is 19.0 Å². The minimum atomic E-state index is -0.0365. The van der Waals surface area contributed by atoms with Gasteiger partial charge in [0.15, 0.2) is 0 Å². The van der Waals surface area contributed by atoms with Crippen molar-refractivity contribution in [2.24, 2.45) is 0 Å². The molecule has 2 aliphatic rings. The number of para-hydroxylation sites is 2. The van der Waals surface area contributed by atoms with E-state index in [9.17, 15) is 9.59 Å². The van der Waals surface area contributed by atoms with Crippen LogP contribution in [0.1, 0.15) is 65.7 Å². The molecule has 6 heteroatoms. The highest BCUT2D eigenvalue weighted by Crippen LogP contribution is 2.46. The van der Waals surface area contributed by atoms with Gasteiger partial charge in [-0.15, -0.1) is 0 Å². The molecule has 0 aliphatic carbocycles. The number of nitrogens with zero attached hydrogens (tertiary/aromatic N) is 2. The van der Waals surface area contributed by atoms with Crippen LogP contribution in [-0.2, 0) is 9.59 Å². The van der Waals surface area contributed by atoms with Gasteiger partial charge in [-0.1, -0.05) is 18.6 Å². The Morgan fingerprint density at radius 3 is 2.67 bits per heavy atom. The number of piperidine rings is 1. The molecule has 0 aromatic heterocycles. The van der Waals surface area contributed by atoms with Crippen LogP contribution in [0.25, 0.3) is 0 Å². The molecule has 1 aromatic rings. The topological polar surface area (TPSA) is 61.9 Å². The highest BCUT2D eigenvalue weighted by molar-refractivity contribution is 5.77. The fraction of sp³-hybridized carbons (Fsp3) is 0.667. The zero-order valence-electron chi connectivity index (χ0n) is 18.9. The molecule has 2 amide bonds. The number of anilines is 1. The Balaban J connectivity index is 1.65. The van der Waals surface area contributed by atoms with E-state index >= 15 is 0 Å². The number of unbranched alkanes of at least 4 members (excludes halogenated alkanes) is 2. The van der Waals surface area contributed by atoms with Gasteiger partial charge in [0, 0.05) is 32.0 Å². The average molecular weight is 416 g/mol. The Hall–Kier alpha value is -2.24. The van der Waals surface area contributed by atoms with Crippen molar-refractivity contribution < 1.29 is 14.3 Å². The first kappa shape index (κ1) is 22.4. The van der Waals surface area contributed by atoms with E-state index in [4.69, 9.17) is 4.74 Å². The number of nitrogens with one attached hydrogen (secondary N) is 1. The van der Waals surface area contributed by atoms with Crippen LogP contribution in [0.4, 0.5) is 5.69 Å². The molecule has 2 heterocycles. The van der Waals surface area contributed by atoms with E-state index in [1.807, 2.05) is 12.1 Å². The standard InChI is InChI=1S/C24H37N3O3/c1-18(28)25-15-9-5-6-14-23(29)26-16-10-12-19-21(26)17-24(2,3)27(19)20-11-7-8-13-22(20)30-4/h7-8,11,13,19,21H,5-6,9-10,12,14-17H2,1-4H3,(H,25,28)/t19-,21-/m0/s1. The number of likely N-dealkylation sites (tertiary alicyclic amines) is 1. The van der Waals surface area contributed by atoms with Crippen molar-refractivity contribution >= 4 is 17.5 Å². The number of carbonyl (C=O) groups excluding carboxylic acids is 2. The second kappa shape index (κ2) is 9.71. The summed E-state index contributed by atoms with van der Waals surface area (Å²) in [5.74, 6) is 1.18. The van der Waals surface area contributed by atoms with Crippen LogP contribution in [0, 0.1) is 0 Å². The van der Waals surface area contributed by atoms with Crippen molar-refractivity contribution in [1.29, 1.82) is 0 Å². The normalized spacial score (nSPS) is 22.5. The Labute approximate surface area is 180 Å². The molecular weight excluding hydrogens is 378 g/mol. The summed E-state index contributed by atoms with van der Waals surface area (Å²) in [6.07, 6.45) is 6.48. The molecule has 0 saturated carbocycles. The summed E-state index contributed by atoms with van der Waals surface area (Å²) in [7, 11) is 1.72. The molecule has 0 bridgehead atoms. The largest absolute Gasteiger partial charge is 0.495 e. The molecule has 0 radical (unpaired) electrons. The summed E-state index contributed by atoms with van der Waals surface area (Å²) < 4.78 is 5.66. The third-order valence-corrected chi connectivity index (χ3v) is 6.54. The highest BCUT2D eigenvalue weighted by Gasteiger charge is 2.51. The predicted octanol–water partition coefficient (Wildman–Crippen LogP) is 3.74. The zero-order chi connectivity index (χ0) is 21.7. The van der Waals surface area contributed by atoms with Crippen molar-refractivity contribution in [3.8, 4) is 5.75 Å². The maximum atomic E-state index is 13.1. The fourth-order valence-electron chi connectivity index (χ4n) is 5.27. The lowest BCUT2D eigenvalue weighted by atomic mass is 9.93. The molecule has 1 N–H and O–H groups in total. The Morgan fingerprint density at radius 1 is 1.17 bits per heavy atom. The minimum Gasteiger partial charge on any atom is -0.495 e. The Kier molecular flexibility index (Phi) is 7.27. The van der Waals surface area contributed by atoms with Gasteiger partial charge in [-0.2, -0.15) is 0 Å². The number of hydrogen-bond acceptors (Lipinski definition) is 4. The molecule has 3 rings (SSSR count). The van der Waals surface area contributed by atoms with Crippen molar-refractivity contribution in [2.45, 2.75) is 83.3 Å². The number of fused-ring (bicyclic) bond motifs is 1. The predicted molar refractivity (Wildman–Crippen MR) is 120 cm³/mol. The third kappa shape index (κ3) is 4.90. The molecular formula is C24H37N3O3. The van der Waals surface area contributed by atoms with Crippen molar-refractivity contribution in [3.05, 3.63) is 24.3 Å². The number of ether oxygens (including phenoxy) is 1. The van der Waals surface area contributed by atoms with E-state index in [0.717, 1.165) is 56.5 Å². The van der Waals surface area contributed by atoms with Gasteiger partial charge in [0.1, 0.15) is 5.75 Å². The number of methoxy groups -OCH3 is 1. The molecule has 166 valence electrons. The molecule has 6 nitrogen and oxygen atoms in total. The smallest absolute Gasteiger partial charge is 0.222 e. The van der Waals surface area contributed by atoms with Gasteiger partial charge in [-0.25, -0.2) is 0 Å². The lowest BCUT2D eigenvalue weighted by Gasteiger charge is -2.42. The van der Waals surface area contributed by atoms with Crippen molar-refractivity contribution in [3.63, 3.8) is 0 Å². The number of benzene rings is 1. The maximum Gasteiger partial charge on any atom is 0.222 e. The second-order valence-corrected chi connectivity index (χ2v) is 9.22. The van der Waals surface area contributed by atoms with E-state index in [1.54, 1.807) is 7.11 Å². The van der Waals surface area contributed by atoms with Gasteiger partial charge < -0.3 is 19.9 Å². The Morgan fingerprint density at radius 2 is 1.93 bits per heavy atom. The van der Waals surface area contributed by atoms with Crippen molar-refractivity contribution in [2.75, 3.05) is 25.1 Å². The highest BCUT2D eigenvalue weighted by atomic mass is 16.5. The summed E-state index contributed by atoms with van der Waals surface area (Å²) in [6, 6.07) is 8.81. The van der Waals surface area contributed by atoms with E-state index in [1.165, 1.54) is 6.92 Å². The Bertz CT molecular complexity index is 749. The molecule has 2 aliphatic heterocycles. The summed E-state index contributed by atoms with van der Waals surface area (Å²) >= 11 is 0. The molecule has 2 fully saturated rings. The first-order valence-corrected chi connectivity index (χ1v) is 11.3. The van der Waals surface area contributed by atoms with Crippen LogP contribution in [-0.4, -0.2) is 54.5 Å². The van der Waals surface area contributed by atoms with E-state index < -0.39 is 0 Å². The number of rotatable bonds is 8. The van der Waals surface area contributed by atoms with Gasteiger partial charge in [0.25, 0.3) is 0 Å². The van der Waals surface area contributed by atoms with Crippen LogP contribution in [0.3, 0.4) is 0 Å². The summed E-state index contributed by atoms with van der Waals surface area (Å²) in [4.78, 5) is 28.7. The first-order valence-electron chi connectivity index (χ1n) is 11.3. The first-order chi connectivity index (χ1) is 14.3. The van der Waals surface area contributed by atoms with E-state index in [-0.39, 0.29) is 23.4 Å². The SMILES string of the molecule is COc1ccccc1N1[C@H]2CCCN(C(=O)CCCCCNC(C)=O)[C@H]2CC1(C)C. The summed E-state index contributed by atoms with van der Waals surface area (Å²) in [5, 5.41) is 2.82. The maximum absolute atomic E-state index is 13.1. The molecule has 1 aromatic carbocycles.